The van der Waals surface area contributed by atoms with Crippen LogP contribution in [0, 0.1) is 5.41 Å². The van der Waals surface area contributed by atoms with Gasteiger partial charge in [0.15, 0.2) is 0 Å². The molecule has 86 valence electrons. The third kappa shape index (κ3) is 1.34. The fraction of sp³-hybridized carbons (Fsp3) is 0.615. The summed E-state index contributed by atoms with van der Waals surface area (Å²) in [5.74, 6) is 0.273. The molecule has 2 aliphatic heterocycles. The number of hydrogen-bond acceptors (Lipinski definition) is 2. The molecule has 2 fully saturated rings. The first-order valence-corrected chi connectivity index (χ1v) is 6.20. The minimum Gasteiger partial charge on any atom is -0.348 e. The Bertz CT molecular complexity index is 364. The highest BCUT2D eigenvalue weighted by Crippen LogP contribution is 2.44. The van der Waals surface area contributed by atoms with Crippen LogP contribution in [0.1, 0.15) is 25.7 Å². The van der Waals surface area contributed by atoms with E-state index in [1.807, 2.05) is 0 Å². The highest BCUT2D eigenvalue weighted by molar-refractivity contribution is 5.91. The van der Waals surface area contributed by atoms with Gasteiger partial charge in [0.25, 0.3) is 0 Å². The van der Waals surface area contributed by atoms with E-state index in [9.17, 15) is 4.79 Å². The molecule has 2 N–H and O–H groups in total. The lowest BCUT2D eigenvalue weighted by molar-refractivity contribution is -0.146. The molecule has 0 aromatic rings. The van der Waals surface area contributed by atoms with Crippen LogP contribution < -0.4 is 10.6 Å². The maximum Gasteiger partial charge on any atom is 0.229 e. The van der Waals surface area contributed by atoms with Crippen molar-refractivity contribution < 1.29 is 4.79 Å². The van der Waals surface area contributed by atoms with Gasteiger partial charge < -0.3 is 10.6 Å². The molecule has 1 aliphatic carbocycles. The number of β-lactam (4-membered cyclic amide) rings is 1. The van der Waals surface area contributed by atoms with Crippen molar-refractivity contribution in [2.24, 2.45) is 5.41 Å². The molecule has 3 heteroatoms. The lowest BCUT2D eigenvalue weighted by atomic mass is 9.63. The maximum absolute atomic E-state index is 11.9. The molecule has 1 atom stereocenters. The van der Waals surface area contributed by atoms with Gasteiger partial charge >= 0.3 is 0 Å². The minimum atomic E-state index is -0.0811. The van der Waals surface area contributed by atoms with Crippen molar-refractivity contribution in [3.8, 4) is 0 Å². The molecule has 1 amide bonds. The molecule has 3 rings (SSSR count). The van der Waals surface area contributed by atoms with Gasteiger partial charge in [0.2, 0.25) is 5.91 Å². The van der Waals surface area contributed by atoms with E-state index in [4.69, 9.17) is 0 Å². The van der Waals surface area contributed by atoms with Crippen molar-refractivity contribution in [2.75, 3.05) is 13.1 Å². The molecule has 1 spiro atoms. The Kier molecular flexibility index (Phi) is 2.36. The van der Waals surface area contributed by atoms with Gasteiger partial charge in [0.05, 0.1) is 11.5 Å². The quantitative estimate of drug-likeness (QED) is 0.648. The highest BCUT2D eigenvalue weighted by atomic mass is 16.2. The summed E-state index contributed by atoms with van der Waals surface area (Å²) in [5, 5.41) is 6.44. The van der Waals surface area contributed by atoms with Crippen LogP contribution in [0.5, 0.6) is 0 Å². The zero-order valence-electron chi connectivity index (χ0n) is 9.46. The zero-order chi connectivity index (χ0) is 11.0. The van der Waals surface area contributed by atoms with Crippen molar-refractivity contribution in [2.45, 2.75) is 31.7 Å². The van der Waals surface area contributed by atoms with Gasteiger partial charge in [-0.25, -0.2) is 0 Å². The van der Waals surface area contributed by atoms with Crippen molar-refractivity contribution in [1.29, 1.82) is 0 Å². The standard InChI is InChI=1S/C13H18N2O/c16-12-13(6-8-14-9-7-13)11(15-12)10-4-2-1-3-5-10/h1-2,4,11,14H,3,5-9H2,(H,15,16). The molecule has 0 saturated carbocycles. The molecule has 0 radical (unpaired) electrons. The molecule has 0 bridgehead atoms. The Hall–Kier alpha value is -1.09. The molecule has 2 saturated heterocycles. The van der Waals surface area contributed by atoms with Gasteiger partial charge in [-0.05, 0) is 44.3 Å². The van der Waals surface area contributed by atoms with Crippen molar-refractivity contribution in [3.05, 3.63) is 23.8 Å². The van der Waals surface area contributed by atoms with E-state index < -0.39 is 0 Å². The molecular formula is C13H18N2O. The topological polar surface area (TPSA) is 41.1 Å². The fourth-order valence-electron chi connectivity index (χ4n) is 3.16. The monoisotopic (exact) mass is 218 g/mol. The van der Waals surface area contributed by atoms with Gasteiger partial charge in [-0.3, -0.25) is 4.79 Å². The average molecular weight is 218 g/mol. The second kappa shape index (κ2) is 3.74. The van der Waals surface area contributed by atoms with Crippen LogP contribution >= 0.6 is 0 Å². The van der Waals surface area contributed by atoms with Crippen molar-refractivity contribution >= 4 is 5.91 Å². The van der Waals surface area contributed by atoms with E-state index >= 15 is 0 Å². The lowest BCUT2D eigenvalue weighted by Gasteiger charge is -2.52. The number of rotatable bonds is 1. The lowest BCUT2D eigenvalue weighted by Crippen LogP contribution is -2.70. The van der Waals surface area contributed by atoms with Crippen LogP contribution in [0.25, 0.3) is 0 Å². The summed E-state index contributed by atoms with van der Waals surface area (Å²) in [6.45, 7) is 1.96. The van der Waals surface area contributed by atoms with Gasteiger partial charge in [-0.2, -0.15) is 0 Å². The van der Waals surface area contributed by atoms with Crippen LogP contribution in [0.3, 0.4) is 0 Å². The summed E-state index contributed by atoms with van der Waals surface area (Å²) in [5.41, 5.74) is 1.34. The molecular weight excluding hydrogens is 200 g/mol. The predicted molar refractivity (Wildman–Crippen MR) is 62.9 cm³/mol. The highest BCUT2D eigenvalue weighted by Gasteiger charge is 2.55. The molecule has 0 aromatic carbocycles. The van der Waals surface area contributed by atoms with Crippen LogP contribution in [-0.2, 0) is 4.79 Å². The van der Waals surface area contributed by atoms with Crippen LogP contribution in [-0.4, -0.2) is 25.0 Å². The van der Waals surface area contributed by atoms with E-state index in [0.29, 0.717) is 6.04 Å². The molecule has 2 heterocycles. The third-order valence-corrected chi connectivity index (χ3v) is 4.19. The SMILES string of the molecule is O=C1NC(C2=CC=CCC2)C12CCNCC2. The minimum absolute atomic E-state index is 0.0811. The largest absolute Gasteiger partial charge is 0.348 e. The van der Waals surface area contributed by atoms with Gasteiger partial charge in [-0.15, -0.1) is 0 Å². The molecule has 16 heavy (non-hydrogen) atoms. The smallest absolute Gasteiger partial charge is 0.229 e. The van der Waals surface area contributed by atoms with Crippen LogP contribution in [0.4, 0.5) is 0 Å². The first-order valence-electron chi connectivity index (χ1n) is 6.20. The molecule has 1 unspecified atom stereocenters. The van der Waals surface area contributed by atoms with Crippen LogP contribution in [0.2, 0.25) is 0 Å². The Morgan fingerprint density at radius 1 is 1.31 bits per heavy atom. The van der Waals surface area contributed by atoms with Crippen molar-refractivity contribution in [1.82, 2.24) is 10.6 Å². The van der Waals surface area contributed by atoms with Gasteiger partial charge in [0.1, 0.15) is 0 Å². The summed E-state index contributed by atoms with van der Waals surface area (Å²) in [4.78, 5) is 11.9. The second-order valence-corrected chi connectivity index (χ2v) is 5.02. The van der Waals surface area contributed by atoms with E-state index in [-0.39, 0.29) is 11.3 Å². The van der Waals surface area contributed by atoms with Crippen molar-refractivity contribution in [3.63, 3.8) is 0 Å². The molecule has 0 aromatic heterocycles. The maximum atomic E-state index is 11.9. The first kappa shape index (κ1) is 10.1. The summed E-state index contributed by atoms with van der Waals surface area (Å²) in [6, 6.07) is 0.312. The number of piperidine rings is 1. The second-order valence-electron chi connectivity index (χ2n) is 5.02. The first-order chi connectivity index (χ1) is 7.83. The number of nitrogens with one attached hydrogen (secondary N) is 2. The van der Waals surface area contributed by atoms with E-state index in [2.05, 4.69) is 28.9 Å². The number of allylic oxidation sites excluding steroid dienone is 3. The molecule has 3 aliphatic rings. The number of carbonyl (C=O) groups is 1. The Morgan fingerprint density at radius 3 is 2.75 bits per heavy atom. The Labute approximate surface area is 96.0 Å². The normalized spacial score (nSPS) is 31.9. The van der Waals surface area contributed by atoms with E-state index in [0.717, 1.165) is 38.8 Å². The average Bonchev–Trinajstić information content (AvgIpc) is 2.38. The number of hydrogen-bond donors (Lipinski definition) is 2. The Morgan fingerprint density at radius 2 is 2.12 bits per heavy atom. The van der Waals surface area contributed by atoms with E-state index in [1.54, 1.807) is 0 Å². The summed E-state index contributed by atoms with van der Waals surface area (Å²) >= 11 is 0. The zero-order valence-corrected chi connectivity index (χ0v) is 9.46. The Balaban J connectivity index is 1.83. The van der Waals surface area contributed by atoms with Crippen LogP contribution in [0.15, 0.2) is 23.8 Å². The predicted octanol–water partition coefficient (Wildman–Crippen LogP) is 1.13. The number of amides is 1. The van der Waals surface area contributed by atoms with Gasteiger partial charge in [0, 0.05) is 0 Å². The van der Waals surface area contributed by atoms with Gasteiger partial charge in [-0.1, -0.05) is 18.2 Å². The fourth-order valence-corrected chi connectivity index (χ4v) is 3.16. The third-order valence-electron chi connectivity index (χ3n) is 4.19. The summed E-state index contributed by atoms with van der Waals surface area (Å²) in [6.07, 6.45) is 10.7. The summed E-state index contributed by atoms with van der Waals surface area (Å²) < 4.78 is 0. The van der Waals surface area contributed by atoms with E-state index in [1.165, 1.54) is 5.57 Å². The molecule has 3 nitrogen and oxygen atoms in total. The number of carbonyl (C=O) groups excluding carboxylic acids is 1. The summed E-state index contributed by atoms with van der Waals surface area (Å²) in [7, 11) is 0.